The van der Waals surface area contributed by atoms with Gasteiger partial charge in [0.05, 0.1) is 0 Å². The third-order valence-electron chi connectivity index (χ3n) is 1.91. The van der Waals surface area contributed by atoms with Crippen molar-refractivity contribution in [2.45, 2.75) is 13.3 Å². The summed E-state index contributed by atoms with van der Waals surface area (Å²) in [6.45, 7) is 1.82. The molecule has 1 rings (SSSR count). The number of aromatic hydroxyl groups is 1. The molecule has 0 saturated carbocycles. The van der Waals surface area contributed by atoms with Crippen LogP contribution in [0.25, 0.3) is 0 Å². The van der Waals surface area contributed by atoms with Crippen LogP contribution in [0.1, 0.15) is 13.3 Å². The second kappa shape index (κ2) is 3.94. The Hall–Kier alpha value is -1.51. The molecule has 0 aliphatic carbocycles. The first kappa shape index (κ1) is 9.58. The van der Waals surface area contributed by atoms with E-state index in [9.17, 15) is 4.79 Å². The fourth-order valence-corrected chi connectivity index (χ4v) is 1.06. The van der Waals surface area contributed by atoms with Crippen molar-refractivity contribution in [3.63, 3.8) is 0 Å². The molecule has 0 fully saturated rings. The monoisotopic (exact) mass is 179 g/mol. The van der Waals surface area contributed by atoms with Gasteiger partial charge in [-0.2, -0.15) is 0 Å². The smallest absolute Gasteiger partial charge is 0.226 e. The second-order valence-corrected chi connectivity index (χ2v) is 2.82. The molecule has 1 aromatic rings. The third kappa shape index (κ3) is 2.21. The van der Waals surface area contributed by atoms with E-state index in [1.807, 2.05) is 6.92 Å². The van der Waals surface area contributed by atoms with Gasteiger partial charge in [0.2, 0.25) is 5.91 Å². The lowest BCUT2D eigenvalue weighted by Crippen LogP contribution is -2.24. The predicted octanol–water partition coefficient (Wildman–Crippen LogP) is 1.76. The van der Waals surface area contributed by atoms with Gasteiger partial charge in [-0.05, 0) is 24.3 Å². The number of anilines is 1. The Balaban J connectivity index is 2.83. The Bertz CT molecular complexity index is 292. The highest BCUT2D eigenvalue weighted by Gasteiger charge is 2.07. The lowest BCUT2D eigenvalue weighted by atomic mass is 10.2. The van der Waals surface area contributed by atoms with Gasteiger partial charge in [-0.25, -0.2) is 0 Å². The van der Waals surface area contributed by atoms with Crippen molar-refractivity contribution in [2.75, 3.05) is 11.9 Å². The molecule has 0 unspecified atom stereocenters. The fraction of sp³-hybridized carbons (Fsp3) is 0.300. The summed E-state index contributed by atoms with van der Waals surface area (Å²) in [4.78, 5) is 12.8. The lowest BCUT2D eigenvalue weighted by Gasteiger charge is -2.15. The molecule has 0 atom stereocenters. The molecule has 3 heteroatoms. The zero-order chi connectivity index (χ0) is 9.84. The summed E-state index contributed by atoms with van der Waals surface area (Å²) >= 11 is 0. The van der Waals surface area contributed by atoms with Crippen LogP contribution in [0.2, 0.25) is 0 Å². The fourth-order valence-electron chi connectivity index (χ4n) is 1.06. The average Bonchev–Trinajstić information content (AvgIpc) is 2.17. The standard InChI is InChI=1S/C10H13NO2/c1-3-10(13)11(2)8-4-6-9(12)7-5-8/h4-7,12H,3H2,1-2H3. The van der Waals surface area contributed by atoms with Crippen LogP contribution in [0.15, 0.2) is 24.3 Å². The normalized spacial score (nSPS) is 9.69. The van der Waals surface area contributed by atoms with Crippen LogP contribution in [-0.2, 0) is 4.79 Å². The van der Waals surface area contributed by atoms with E-state index in [1.165, 1.54) is 0 Å². The molecule has 0 aliphatic rings. The summed E-state index contributed by atoms with van der Waals surface area (Å²) in [5.41, 5.74) is 0.796. The van der Waals surface area contributed by atoms with Gasteiger partial charge in [-0.15, -0.1) is 0 Å². The Morgan fingerprint density at radius 3 is 2.38 bits per heavy atom. The van der Waals surface area contributed by atoms with E-state index < -0.39 is 0 Å². The number of carbonyl (C=O) groups excluding carboxylic acids is 1. The Morgan fingerprint density at radius 1 is 1.38 bits per heavy atom. The Kier molecular flexibility index (Phi) is 2.90. The van der Waals surface area contributed by atoms with E-state index in [2.05, 4.69) is 0 Å². The van der Waals surface area contributed by atoms with Crippen LogP contribution in [0.4, 0.5) is 5.69 Å². The number of phenolic OH excluding ortho intramolecular Hbond substituents is 1. The number of benzene rings is 1. The van der Waals surface area contributed by atoms with E-state index in [0.717, 1.165) is 5.69 Å². The molecule has 0 aromatic heterocycles. The van der Waals surface area contributed by atoms with Gasteiger partial charge in [-0.1, -0.05) is 6.92 Å². The van der Waals surface area contributed by atoms with Crippen molar-refractivity contribution in [1.82, 2.24) is 0 Å². The highest BCUT2D eigenvalue weighted by Crippen LogP contribution is 2.17. The first-order valence-electron chi connectivity index (χ1n) is 4.20. The third-order valence-corrected chi connectivity index (χ3v) is 1.91. The summed E-state index contributed by atoms with van der Waals surface area (Å²) in [7, 11) is 1.72. The van der Waals surface area contributed by atoms with Crippen molar-refractivity contribution < 1.29 is 9.90 Å². The highest BCUT2D eigenvalue weighted by molar-refractivity contribution is 5.92. The molecule has 1 aromatic carbocycles. The maximum absolute atomic E-state index is 11.3. The van der Waals surface area contributed by atoms with Crippen LogP contribution < -0.4 is 4.90 Å². The van der Waals surface area contributed by atoms with Gasteiger partial charge in [-0.3, -0.25) is 4.79 Å². The van der Waals surface area contributed by atoms with E-state index in [1.54, 1.807) is 36.2 Å². The van der Waals surface area contributed by atoms with Gasteiger partial charge in [0, 0.05) is 19.2 Å². The molecular formula is C10H13NO2. The molecular weight excluding hydrogens is 166 g/mol. The molecule has 0 saturated heterocycles. The average molecular weight is 179 g/mol. The van der Waals surface area contributed by atoms with Gasteiger partial charge in [0.15, 0.2) is 0 Å². The van der Waals surface area contributed by atoms with Crippen molar-refractivity contribution in [1.29, 1.82) is 0 Å². The summed E-state index contributed by atoms with van der Waals surface area (Å²) in [6, 6.07) is 6.55. The van der Waals surface area contributed by atoms with E-state index >= 15 is 0 Å². The number of nitrogens with zero attached hydrogens (tertiary/aromatic N) is 1. The number of amides is 1. The number of phenols is 1. The van der Waals surface area contributed by atoms with Crippen LogP contribution in [0.5, 0.6) is 5.75 Å². The van der Waals surface area contributed by atoms with Gasteiger partial charge in [0.25, 0.3) is 0 Å². The molecule has 0 bridgehead atoms. The number of hydrogen-bond acceptors (Lipinski definition) is 2. The van der Waals surface area contributed by atoms with Crippen LogP contribution in [0.3, 0.4) is 0 Å². The Morgan fingerprint density at radius 2 is 1.92 bits per heavy atom. The molecule has 0 aliphatic heterocycles. The van der Waals surface area contributed by atoms with Gasteiger partial charge in [0.1, 0.15) is 5.75 Å². The minimum Gasteiger partial charge on any atom is -0.508 e. The largest absolute Gasteiger partial charge is 0.508 e. The summed E-state index contributed by atoms with van der Waals surface area (Å²) in [5.74, 6) is 0.270. The molecule has 13 heavy (non-hydrogen) atoms. The molecule has 1 N–H and O–H groups in total. The number of hydrogen-bond donors (Lipinski definition) is 1. The van der Waals surface area contributed by atoms with Crippen LogP contribution >= 0.6 is 0 Å². The summed E-state index contributed by atoms with van der Waals surface area (Å²) < 4.78 is 0. The van der Waals surface area contributed by atoms with Crippen molar-refractivity contribution >= 4 is 11.6 Å². The quantitative estimate of drug-likeness (QED) is 0.751. The Labute approximate surface area is 77.6 Å². The van der Waals surface area contributed by atoms with Gasteiger partial charge < -0.3 is 10.0 Å². The van der Waals surface area contributed by atoms with Crippen molar-refractivity contribution in [3.8, 4) is 5.75 Å². The van der Waals surface area contributed by atoms with Crippen molar-refractivity contribution in [3.05, 3.63) is 24.3 Å². The van der Waals surface area contributed by atoms with Crippen molar-refractivity contribution in [2.24, 2.45) is 0 Å². The number of rotatable bonds is 2. The SMILES string of the molecule is CCC(=O)N(C)c1ccc(O)cc1. The van der Waals surface area contributed by atoms with Crippen LogP contribution in [0, 0.1) is 0 Å². The zero-order valence-corrected chi connectivity index (χ0v) is 7.82. The molecule has 70 valence electrons. The minimum absolute atomic E-state index is 0.0608. The van der Waals surface area contributed by atoms with Crippen LogP contribution in [-0.4, -0.2) is 18.1 Å². The van der Waals surface area contributed by atoms with E-state index in [0.29, 0.717) is 6.42 Å². The lowest BCUT2D eigenvalue weighted by molar-refractivity contribution is -0.118. The summed E-state index contributed by atoms with van der Waals surface area (Å²) in [6.07, 6.45) is 0.484. The summed E-state index contributed by atoms with van der Waals surface area (Å²) in [5, 5.41) is 9.03. The molecule has 3 nitrogen and oxygen atoms in total. The first-order valence-corrected chi connectivity index (χ1v) is 4.20. The van der Waals surface area contributed by atoms with E-state index in [-0.39, 0.29) is 11.7 Å². The maximum atomic E-state index is 11.3. The number of carbonyl (C=O) groups is 1. The molecule has 0 heterocycles. The molecule has 0 radical (unpaired) electrons. The minimum atomic E-state index is 0.0608. The highest BCUT2D eigenvalue weighted by atomic mass is 16.3. The second-order valence-electron chi connectivity index (χ2n) is 2.82. The van der Waals surface area contributed by atoms with E-state index in [4.69, 9.17) is 5.11 Å². The zero-order valence-electron chi connectivity index (χ0n) is 7.82. The molecule has 1 amide bonds. The molecule has 0 spiro atoms. The predicted molar refractivity (Wildman–Crippen MR) is 51.8 cm³/mol. The van der Waals surface area contributed by atoms with Gasteiger partial charge >= 0.3 is 0 Å². The topological polar surface area (TPSA) is 40.5 Å². The maximum Gasteiger partial charge on any atom is 0.226 e. The first-order chi connectivity index (χ1) is 6.15.